The summed E-state index contributed by atoms with van der Waals surface area (Å²) >= 11 is 0. The van der Waals surface area contributed by atoms with Gasteiger partial charge >= 0.3 is 0 Å². The second-order valence-electron chi connectivity index (χ2n) is 6.62. The fourth-order valence-electron chi connectivity index (χ4n) is 3.27. The van der Waals surface area contributed by atoms with Gasteiger partial charge in [-0.2, -0.15) is 0 Å². The smallest absolute Gasteiger partial charge is 0.227 e. The van der Waals surface area contributed by atoms with E-state index in [1.54, 1.807) is 4.90 Å². The number of pyridine rings is 1. The maximum atomic E-state index is 13.7. The molecule has 4 nitrogen and oxygen atoms in total. The van der Waals surface area contributed by atoms with E-state index in [2.05, 4.69) is 4.98 Å². The van der Waals surface area contributed by atoms with E-state index in [9.17, 15) is 13.6 Å². The highest BCUT2D eigenvalue weighted by Gasteiger charge is 2.28. The normalized spacial score (nSPS) is 16.7. The van der Waals surface area contributed by atoms with Crippen LogP contribution in [0, 0.1) is 11.6 Å². The Bertz CT molecular complexity index is 993. The van der Waals surface area contributed by atoms with Gasteiger partial charge in [-0.05, 0) is 23.8 Å². The number of rotatable bonds is 4. The minimum atomic E-state index is -0.698. The Kier molecular flexibility index (Phi) is 4.71. The molecular weight excluding hydrogens is 350 g/mol. The lowest BCUT2D eigenvalue weighted by Crippen LogP contribution is -2.32. The molecule has 4 rings (SSSR count). The Balaban J connectivity index is 1.38. The zero-order chi connectivity index (χ0) is 18.8. The minimum absolute atomic E-state index is 0.0902. The summed E-state index contributed by atoms with van der Waals surface area (Å²) in [6.45, 7) is 0.968. The van der Waals surface area contributed by atoms with Gasteiger partial charge in [-0.1, -0.05) is 24.3 Å². The van der Waals surface area contributed by atoms with Crippen LogP contribution in [-0.4, -0.2) is 35.0 Å². The van der Waals surface area contributed by atoms with Crippen molar-refractivity contribution in [2.45, 2.75) is 18.9 Å². The number of likely N-dealkylation sites (tertiary alicyclic amines) is 1. The van der Waals surface area contributed by atoms with Crippen LogP contribution in [0.5, 0.6) is 5.88 Å². The first-order valence-corrected chi connectivity index (χ1v) is 8.82. The number of aromatic nitrogens is 1. The summed E-state index contributed by atoms with van der Waals surface area (Å²) in [5.74, 6) is -1.02. The number of ether oxygens (including phenoxy) is 1. The number of halogens is 2. The third kappa shape index (κ3) is 3.89. The van der Waals surface area contributed by atoms with Crippen molar-refractivity contribution in [3.8, 4) is 5.88 Å². The molecule has 0 saturated carbocycles. The summed E-state index contributed by atoms with van der Waals surface area (Å²) < 4.78 is 32.7. The van der Waals surface area contributed by atoms with Crippen molar-refractivity contribution in [1.82, 2.24) is 9.88 Å². The van der Waals surface area contributed by atoms with Crippen LogP contribution in [-0.2, 0) is 11.2 Å². The predicted molar refractivity (Wildman–Crippen MR) is 97.4 cm³/mol. The second-order valence-corrected chi connectivity index (χ2v) is 6.62. The predicted octanol–water partition coefficient (Wildman–Crippen LogP) is 3.74. The van der Waals surface area contributed by atoms with Crippen LogP contribution < -0.4 is 4.74 Å². The van der Waals surface area contributed by atoms with Crippen LogP contribution in [0.2, 0.25) is 0 Å². The first-order valence-electron chi connectivity index (χ1n) is 8.82. The molecule has 1 fully saturated rings. The summed E-state index contributed by atoms with van der Waals surface area (Å²) in [5.41, 5.74) is 1.05. The van der Waals surface area contributed by atoms with Gasteiger partial charge in [0.1, 0.15) is 17.7 Å². The monoisotopic (exact) mass is 368 g/mol. The van der Waals surface area contributed by atoms with Gasteiger partial charge < -0.3 is 9.64 Å². The zero-order valence-corrected chi connectivity index (χ0v) is 14.6. The van der Waals surface area contributed by atoms with E-state index in [4.69, 9.17) is 4.74 Å². The molecule has 2 aromatic carbocycles. The molecule has 1 amide bonds. The Morgan fingerprint density at radius 2 is 2.00 bits per heavy atom. The molecule has 1 saturated heterocycles. The van der Waals surface area contributed by atoms with Crippen molar-refractivity contribution in [3.63, 3.8) is 0 Å². The zero-order valence-electron chi connectivity index (χ0n) is 14.6. The topological polar surface area (TPSA) is 42.4 Å². The summed E-state index contributed by atoms with van der Waals surface area (Å²) in [6, 6.07) is 14.8. The molecule has 1 aliphatic rings. The maximum absolute atomic E-state index is 13.7. The quantitative estimate of drug-likeness (QED) is 0.705. The van der Waals surface area contributed by atoms with Crippen LogP contribution in [0.25, 0.3) is 10.9 Å². The van der Waals surface area contributed by atoms with Gasteiger partial charge in [-0.25, -0.2) is 13.8 Å². The molecule has 2 heterocycles. The number of benzene rings is 2. The van der Waals surface area contributed by atoms with Gasteiger partial charge in [0.15, 0.2) is 0 Å². The van der Waals surface area contributed by atoms with Gasteiger partial charge in [-0.15, -0.1) is 0 Å². The van der Waals surface area contributed by atoms with E-state index in [1.165, 1.54) is 6.07 Å². The van der Waals surface area contributed by atoms with E-state index in [0.717, 1.165) is 23.0 Å². The first kappa shape index (κ1) is 17.4. The lowest BCUT2D eigenvalue weighted by molar-refractivity contribution is -0.129. The molecule has 0 spiro atoms. The van der Waals surface area contributed by atoms with E-state index < -0.39 is 11.6 Å². The van der Waals surface area contributed by atoms with Crippen molar-refractivity contribution in [3.05, 3.63) is 71.8 Å². The maximum Gasteiger partial charge on any atom is 0.227 e. The van der Waals surface area contributed by atoms with Crippen LogP contribution >= 0.6 is 0 Å². The van der Waals surface area contributed by atoms with Crippen molar-refractivity contribution in [2.75, 3.05) is 13.1 Å². The molecule has 0 N–H and O–H groups in total. The van der Waals surface area contributed by atoms with Gasteiger partial charge in [0, 0.05) is 30.5 Å². The standard InChI is InChI=1S/C21H18F2N2O2/c22-16-7-5-15(18(23)12-16)11-21(26)25-10-9-17(13-25)27-20-8-6-14-3-1-2-4-19(14)24-20/h1-8,12,17H,9-11,13H2/t17-/m1/s1. The van der Waals surface area contributed by atoms with Crippen molar-refractivity contribution < 1.29 is 18.3 Å². The van der Waals surface area contributed by atoms with Gasteiger partial charge in [0.05, 0.1) is 18.5 Å². The van der Waals surface area contributed by atoms with E-state index >= 15 is 0 Å². The lowest BCUT2D eigenvalue weighted by atomic mass is 10.1. The molecule has 1 aromatic heterocycles. The Morgan fingerprint density at radius 3 is 2.85 bits per heavy atom. The molecule has 0 unspecified atom stereocenters. The van der Waals surface area contributed by atoms with Crippen molar-refractivity contribution in [2.24, 2.45) is 0 Å². The Morgan fingerprint density at radius 1 is 1.15 bits per heavy atom. The number of carbonyl (C=O) groups excluding carboxylic acids is 1. The summed E-state index contributed by atoms with van der Waals surface area (Å²) in [5, 5.41) is 1.04. The Labute approximate surface area is 155 Å². The average molecular weight is 368 g/mol. The number of fused-ring (bicyclic) bond motifs is 1. The number of nitrogens with zero attached hydrogens (tertiary/aromatic N) is 2. The molecule has 3 aromatic rings. The van der Waals surface area contributed by atoms with Crippen LogP contribution in [0.1, 0.15) is 12.0 Å². The number of hydrogen-bond acceptors (Lipinski definition) is 3. The minimum Gasteiger partial charge on any atom is -0.472 e. The van der Waals surface area contributed by atoms with Crippen molar-refractivity contribution >= 4 is 16.8 Å². The first-order chi connectivity index (χ1) is 13.1. The van der Waals surface area contributed by atoms with E-state index in [0.29, 0.717) is 25.4 Å². The average Bonchev–Trinajstić information content (AvgIpc) is 3.12. The largest absolute Gasteiger partial charge is 0.472 e. The van der Waals surface area contributed by atoms with Crippen LogP contribution in [0.15, 0.2) is 54.6 Å². The van der Waals surface area contributed by atoms with Crippen LogP contribution in [0.3, 0.4) is 0 Å². The molecule has 6 heteroatoms. The molecule has 138 valence electrons. The molecule has 1 atom stereocenters. The highest BCUT2D eigenvalue weighted by atomic mass is 19.1. The van der Waals surface area contributed by atoms with Gasteiger partial charge in [0.2, 0.25) is 11.8 Å². The summed E-state index contributed by atoms with van der Waals surface area (Å²) in [7, 11) is 0. The number of carbonyl (C=O) groups is 1. The fraction of sp³-hybridized carbons (Fsp3) is 0.238. The van der Waals surface area contributed by atoms with E-state index in [-0.39, 0.29) is 24.0 Å². The summed E-state index contributed by atoms with van der Waals surface area (Å²) in [4.78, 5) is 18.6. The lowest BCUT2D eigenvalue weighted by Gasteiger charge is -2.17. The molecule has 1 aliphatic heterocycles. The number of hydrogen-bond donors (Lipinski definition) is 0. The third-order valence-electron chi connectivity index (χ3n) is 4.71. The van der Waals surface area contributed by atoms with Crippen molar-refractivity contribution in [1.29, 1.82) is 0 Å². The molecule has 27 heavy (non-hydrogen) atoms. The number of amides is 1. The highest BCUT2D eigenvalue weighted by Crippen LogP contribution is 2.21. The highest BCUT2D eigenvalue weighted by molar-refractivity contribution is 5.79. The summed E-state index contributed by atoms with van der Waals surface area (Å²) in [6.07, 6.45) is 0.444. The molecule has 0 aliphatic carbocycles. The molecule has 0 bridgehead atoms. The second kappa shape index (κ2) is 7.31. The molecule has 0 radical (unpaired) electrons. The third-order valence-corrected chi connectivity index (χ3v) is 4.71. The van der Waals surface area contributed by atoms with Gasteiger partial charge in [-0.3, -0.25) is 4.79 Å². The molecular formula is C21H18F2N2O2. The number of para-hydroxylation sites is 1. The van der Waals surface area contributed by atoms with Crippen LogP contribution in [0.4, 0.5) is 8.78 Å². The fourth-order valence-corrected chi connectivity index (χ4v) is 3.27. The van der Waals surface area contributed by atoms with Gasteiger partial charge in [0.25, 0.3) is 0 Å². The SMILES string of the molecule is O=C(Cc1ccc(F)cc1F)N1CC[C@@H](Oc2ccc3ccccc3n2)C1. The van der Waals surface area contributed by atoms with E-state index in [1.807, 2.05) is 36.4 Å². The Hall–Kier alpha value is -3.02.